The topological polar surface area (TPSA) is 0 Å². The van der Waals surface area contributed by atoms with Crippen LogP contribution in [0.1, 0.15) is 13.8 Å². The molecule has 0 bridgehead atoms. The van der Waals surface area contributed by atoms with E-state index < -0.39 is 0 Å². The van der Waals surface area contributed by atoms with E-state index in [1.165, 1.54) is 11.1 Å². The fraction of sp³-hybridized carbons (Fsp3) is 0.286. The van der Waals surface area contributed by atoms with Crippen molar-refractivity contribution in [2.45, 2.75) is 13.8 Å². The molecule has 0 aromatic carbocycles. The van der Waals surface area contributed by atoms with Gasteiger partial charge in [0.2, 0.25) is 0 Å². The molecule has 0 fully saturated rings. The van der Waals surface area contributed by atoms with E-state index in [2.05, 4.69) is 32.4 Å². The normalized spacial score (nSPS) is 16.8. The van der Waals surface area contributed by atoms with Gasteiger partial charge < -0.3 is 0 Å². The van der Waals surface area contributed by atoms with E-state index in [0.29, 0.717) is 0 Å². The van der Waals surface area contributed by atoms with Crippen molar-refractivity contribution in [3.8, 4) is 0 Å². The Morgan fingerprint density at radius 2 is 1.38 bits per heavy atom. The first-order chi connectivity index (χ1) is 3.29. The summed E-state index contributed by atoms with van der Waals surface area (Å²) >= 11 is 0. The molecule has 47 valence electrons. The Labute approximate surface area is 64.9 Å². The van der Waals surface area contributed by atoms with Crippen LogP contribution in [0.3, 0.4) is 0 Å². The first kappa shape index (κ1) is 8.17. The predicted molar refractivity (Wildman–Crippen MR) is 31.8 cm³/mol. The molecule has 0 atom stereocenters. The summed E-state index contributed by atoms with van der Waals surface area (Å²) in [5.41, 5.74) is 2.72. The molecular formula is C7H9Pt. The van der Waals surface area contributed by atoms with Crippen molar-refractivity contribution in [2.24, 2.45) is 0 Å². The smallest absolute Gasteiger partial charge is 0.0111 e. The fourth-order valence-corrected chi connectivity index (χ4v) is 0.718. The van der Waals surface area contributed by atoms with E-state index in [-0.39, 0.29) is 21.1 Å². The number of hydrogen-bond donors (Lipinski definition) is 0. The van der Waals surface area contributed by atoms with Crippen LogP contribution in [0.2, 0.25) is 0 Å². The van der Waals surface area contributed by atoms with Gasteiger partial charge in [-0.3, -0.25) is 0 Å². The SMILES string of the molecule is CC1=CC=C(C)[CH]1.[Pt]. The third-order valence-corrected chi connectivity index (χ3v) is 1.06. The second kappa shape index (κ2) is 3.24. The third kappa shape index (κ3) is 1.96. The van der Waals surface area contributed by atoms with E-state index in [1.54, 1.807) is 0 Å². The standard InChI is InChI=1S/C7H9.Pt/c1-6-3-4-7(2)5-6;/h3-5H,1-2H3;. The molecule has 0 aromatic rings. The van der Waals surface area contributed by atoms with Gasteiger partial charge in [-0.2, -0.15) is 0 Å². The molecule has 0 aromatic heterocycles. The Kier molecular flexibility index (Phi) is 3.31. The van der Waals surface area contributed by atoms with Gasteiger partial charge in [0.15, 0.2) is 0 Å². The van der Waals surface area contributed by atoms with Crippen molar-refractivity contribution in [3.05, 3.63) is 29.7 Å². The van der Waals surface area contributed by atoms with Crippen molar-refractivity contribution in [1.82, 2.24) is 0 Å². The molecule has 0 nitrogen and oxygen atoms in total. The van der Waals surface area contributed by atoms with E-state index in [4.69, 9.17) is 0 Å². The summed E-state index contributed by atoms with van der Waals surface area (Å²) in [6, 6.07) is 0. The molecule has 0 N–H and O–H groups in total. The van der Waals surface area contributed by atoms with Crippen molar-refractivity contribution in [2.75, 3.05) is 0 Å². The molecule has 1 aliphatic carbocycles. The minimum atomic E-state index is 0. The Balaban J connectivity index is 0.000000490. The maximum absolute atomic E-state index is 2.17. The largest absolute Gasteiger partial charge is 0.0652 e. The van der Waals surface area contributed by atoms with E-state index in [0.717, 1.165) is 0 Å². The Morgan fingerprint density at radius 3 is 1.50 bits per heavy atom. The number of rotatable bonds is 0. The second-order valence-electron chi connectivity index (χ2n) is 1.97. The van der Waals surface area contributed by atoms with Gasteiger partial charge >= 0.3 is 0 Å². The summed E-state index contributed by atoms with van der Waals surface area (Å²) in [7, 11) is 0. The number of allylic oxidation sites excluding steroid dienone is 4. The van der Waals surface area contributed by atoms with Crippen molar-refractivity contribution in [3.63, 3.8) is 0 Å². The van der Waals surface area contributed by atoms with E-state index in [1.807, 2.05) is 0 Å². The molecular weight excluding hydrogens is 279 g/mol. The number of hydrogen-bond acceptors (Lipinski definition) is 0. The van der Waals surface area contributed by atoms with E-state index in [9.17, 15) is 0 Å². The van der Waals surface area contributed by atoms with Crippen LogP contribution in [0.25, 0.3) is 0 Å². The Morgan fingerprint density at radius 1 is 1.00 bits per heavy atom. The molecule has 0 aliphatic heterocycles. The molecule has 8 heavy (non-hydrogen) atoms. The molecule has 0 saturated heterocycles. The first-order valence-corrected chi connectivity index (χ1v) is 2.49. The average molecular weight is 288 g/mol. The van der Waals surface area contributed by atoms with Gasteiger partial charge in [0.1, 0.15) is 0 Å². The zero-order valence-corrected chi connectivity index (χ0v) is 7.32. The molecule has 1 aliphatic rings. The molecule has 0 unspecified atom stereocenters. The third-order valence-electron chi connectivity index (χ3n) is 1.06. The van der Waals surface area contributed by atoms with Crippen LogP contribution in [0.5, 0.6) is 0 Å². The Bertz CT molecular complexity index is 115. The molecule has 0 spiro atoms. The van der Waals surface area contributed by atoms with Gasteiger partial charge in [0.05, 0.1) is 0 Å². The fourth-order valence-electron chi connectivity index (χ4n) is 0.718. The second-order valence-corrected chi connectivity index (χ2v) is 1.97. The zero-order valence-electron chi connectivity index (χ0n) is 5.05. The van der Waals surface area contributed by atoms with Crippen LogP contribution in [0.15, 0.2) is 23.3 Å². The molecule has 0 amide bonds. The minimum absolute atomic E-state index is 0. The van der Waals surface area contributed by atoms with Crippen LogP contribution in [-0.4, -0.2) is 0 Å². The molecule has 1 radical (unpaired) electrons. The molecule has 1 rings (SSSR count). The maximum atomic E-state index is 2.17. The first-order valence-electron chi connectivity index (χ1n) is 2.49. The van der Waals surface area contributed by atoms with Crippen LogP contribution < -0.4 is 0 Å². The summed E-state index contributed by atoms with van der Waals surface area (Å²) in [4.78, 5) is 0. The van der Waals surface area contributed by atoms with Gasteiger partial charge in [-0.1, -0.05) is 23.3 Å². The average Bonchev–Trinajstić information content (AvgIpc) is 1.87. The maximum Gasteiger partial charge on any atom is 0.0111 e. The zero-order chi connectivity index (χ0) is 5.28. The quantitative estimate of drug-likeness (QED) is 0.640. The van der Waals surface area contributed by atoms with Crippen LogP contribution in [0.4, 0.5) is 0 Å². The van der Waals surface area contributed by atoms with Crippen molar-refractivity contribution < 1.29 is 21.1 Å². The van der Waals surface area contributed by atoms with Crippen molar-refractivity contribution >= 4 is 0 Å². The monoisotopic (exact) mass is 288 g/mol. The molecule has 0 saturated carbocycles. The summed E-state index contributed by atoms with van der Waals surface area (Å²) in [5.74, 6) is 0. The van der Waals surface area contributed by atoms with Crippen LogP contribution in [-0.2, 0) is 21.1 Å². The van der Waals surface area contributed by atoms with Gasteiger partial charge in [0, 0.05) is 27.5 Å². The summed E-state index contributed by atoms with van der Waals surface area (Å²) in [6.45, 7) is 4.21. The molecule has 0 heterocycles. The molecule has 1 heteroatoms. The Hall–Kier alpha value is 0.168. The minimum Gasteiger partial charge on any atom is -0.0652 e. The predicted octanol–water partition coefficient (Wildman–Crippen LogP) is 2.09. The summed E-state index contributed by atoms with van der Waals surface area (Å²) < 4.78 is 0. The van der Waals surface area contributed by atoms with Gasteiger partial charge in [0.25, 0.3) is 0 Å². The van der Waals surface area contributed by atoms with Crippen molar-refractivity contribution in [1.29, 1.82) is 0 Å². The summed E-state index contributed by atoms with van der Waals surface area (Å²) in [5, 5.41) is 0. The van der Waals surface area contributed by atoms with Crippen LogP contribution >= 0.6 is 0 Å². The van der Waals surface area contributed by atoms with Gasteiger partial charge in [-0.05, 0) is 13.8 Å². The van der Waals surface area contributed by atoms with Gasteiger partial charge in [-0.25, -0.2) is 0 Å². The summed E-state index contributed by atoms with van der Waals surface area (Å²) in [6.07, 6.45) is 6.41. The van der Waals surface area contributed by atoms with Gasteiger partial charge in [-0.15, -0.1) is 0 Å². The van der Waals surface area contributed by atoms with E-state index >= 15 is 0 Å². The van der Waals surface area contributed by atoms with Crippen LogP contribution in [0, 0.1) is 6.42 Å².